The smallest absolute Gasteiger partial charge is 0.253 e. The molecule has 3 aromatic rings. The molecule has 1 aliphatic rings. The summed E-state index contributed by atoms with van der Waals surface area (Å²) >= 11 is 5.99. The molecule has 4 nitrogen and oxygen atoms in total. The predicted molar refractivity (Wildman–Crippen MR) is 125 cm³/mol. The second kappa shape index (κ2) is 10.3. The third-order valence-corrected chi connectivity index (χ3v) is 6.03. The molecule has 4 rings (SSSR count). The van der Waals surface area contributed by atoms with Crippen molar-refractivity contribution in [2.75, 3.05) is 26.2 Å². The SMILES string of the molecule is Cc1cc(Cl)ccc1OCc1cccc(C(=O)N2CCN(Cc3cccc(F)c3F)CC2)c1. The Hall–Kier alpha value is -2.96. The molecular formula is C26H25ClF2N2O2. The van der Waals surface area contributed by atoms with Crippen LogP contribution in [0.15, 0.2) is 60.7 Å². The molecule has 0 spiro atoms. The van der Waals surface area contributed by atoms with Crippen molar-refractivity contribution in [1.82, 2.24) is 9.80 Å². The first-order chi connectivity index (χ1) is 15.9. The lowest BCUT2D eigenvalue weighted by Crippen LogP contribution is -2.48. The van der Waals surface area contributed by atoms with Gasteiger partial charge < -0.3 is 9.64 Å². The highest BCUT2D eigenvalue weighted by Crippen LogP contribution is 2.23. The Balaban J connectivity index is 1.33. The number of piperazine rings is 1. The molecule has 0 aromatic heterocycles. The number of rotatable bonds is 6. The minimum Gasteiger partial charge on any atom is -0.489 e. The molecule has 1 saturated heterocycles. The maximum atomic E-state index is 13.9. The number of carbonyl (C=O) groups excluding carboxylic acids is 1. The van der Waals surface area contributed by atoms with Crippen LogP contribution < -0.4 is 4.74 Å². The van der Waals surface area contributed by atoms with Gasteiger partial charge in [0.2, 0.25) is 0 Å². The minimum atomic E-state index is -0.837. The van der Waals surface area contributed by atoms with Crippen molar-refractivity contribution in [3.05, 3.63) is 99.6 Å². The van der Waals surface area contributed by atoms with Crippen molar-refractivity contribution >= 4 is 17.5 Å². The molecule has 1 aliphatic heterocycles. The predicted octanol–water partition coefficient (Wildman–Crippen LogP) is 5.46. The Bertz CT molecular complexity index is 1150. The number of benzene rings is 3. The third-order valence-electron chi connectivity index (χ3n) is 5.79. The molecule has 0 N–H and O–H groups in total. The van der Waals surface area contributed by atoms with Crippen molar-refractivity contribution < 1.29 is 18.3 Å². The first kappa shape index (κ1) is 23.2. The summed E-state index contributed by atoms with van der Waals surface area (Å²) in [6, 6.07) is 17.1. The van der Waals surface area contributed by atoms with Gasteiger partial charge in [-0.2, -0.15) is 0 Å². The highest BCUT2D eigenvalue weighted by Gasteiger charge is 2.23. The molecule has 0 aliphatic carbocycles. The number of halogens is 3. The Kier molecular flexibility index (Phi) is 7.26. The molecular weight excluding hydrogens is 446 g/mol. The molecule has 1 fully saturated rings. The van der Waals surface area contributed by atoms with E-state index in [4.69, 9.17) is 16.3 Å². The largest absolute Gasteiger partial charge is 0.489 e. The van der Waals surface area contributed by atoms with Crippen molar-refractivity contribution in [3.8, 4) is 5.75 Å². The lowest BCUT2D eigenvalue weighted by atomic mass is 10.1. The van der Waals surface area contributed by atoms with Gasteiger partial charge in [-0.05, 0) is 54.4 Å². The normalized spacial score (nSPS) is 14.4. The molecule has 0 radical (unpaired) electrons. The van der Waals surface area contributed by atoms with Crippen LogP contribution in [-0.4, -0.2) is 41.9 Å². The maximum absolute atomic E-state index is 13.9. The second-order valence-corrected chi connectivity index (χ2v) is 8.62. The van der Waals surface area contributed by atoms with E-state index in [9.17, 15) is 13.6 Å². The summed E-state index contributed by atoms with van der Waals surface area (Å²) in [5.41, 5.74) is 2.79. The summed E-state index contributed by atoms with van der Waals surface area (Å²) in [4.78, 5) is 16.8. The molecule has 0 atom stereocenters. The Morgan fingerprint density at radius 2 is 1.76 bits per heavy atom. The van der Waals surface area contributed by atoms with E-state index in [1.54, 1.807) is 23.1 Å². The van der Waals surface area contributed by atoms with Gasteiger partial charge >= 0.3 is 0 Å². The van der Waals surface area contributed by atoms with E-state index in [1.165, 1.54) is 6.07 Å². The zero-order valence-corrected chi connectivity index (χ0v) is 19.1. The van der Waals surface area contributed by atoms with Gasteiger partial charge in [-0.25, -0.2) is 8.78 Å². The van der Waals surface area contributed by atoms with Gasteiger partial charge in [0, 0.05) is 48.9 Å². The number of amides is 1. The van der Waals surface area contributed by atoms with E-state index in [0.29, 0.717) is 55.5 Å². The third kappa shape index (κ3) is 5.70. The lowest BCUT2D eigenvalue weighted by molar-refractivity contribution is 0.0626. The molecule has 1 heterocycles. The van der Waals surface area contributed by atoms with Gasteiger partial charge in [-0.15, -0.1) is 0 Å². The number of nitrogens with zero attached hydrogens (tertiary/aromatic N) is 2. The van der Waals surface area contributed by atoms with Crippen LogP contribution in [0.5, 0.6) is 5.75 Å². The molecule has 0 saturated carbocycles. The Morgan fingerprint density at radius 3 is 2.52 bits per heavy atom. The molecule has 0 unspecified atom stereocenters. The zero-order chi connectivity index (χ0) is 23.4. The van der Waals surface area contributed by atoms with Crippen molar-refractivity contribution in [2.45, 2.75) is 20.1 Å². The molecule has 1 amide bonds. The Morgan fingerprint density at radius 1 is 1.00 bits per heavy atom. The quantitative estimate of drug-likeness (QED) is 0.479. The molecule has 0 bridgehead atoms. The highest BCUT2D eigenvalue weighted by atomic mass is 35.5. The minimum absolute atomic E-state index is 0.0453. The molecule has 7 heteroatoms. The van der Waals surface area contributed by atoms with Crippen LogP contribution in [0.3, 0.4) is 0 Å². The summed E-state index contributed by atoms with van der Waals surface area (Å²) in [7, 11) is 0. The fourth-order valence-electron chi connectivity index (χ4n) is 3.93. The highest BCUT2D eigenvalue weighted by molar-refractivity contribution is 6.30. The average Bonchev–Trinajstić information content (AvgIpc) is 2.82. The van der Waals surface area contributed by atoms with E-state index >= 15 is 0 Å². The van der Waals surface area contributed by atoms with E-state index in [0.717, 1.165) is 22.9 Å². The van der Waals surface area contributed by atoms with Crippen molar-refractivity contribution in [2.24, 2.45) is 0 Å². The molecule has 3 aromatic carbocycles. The fourth-order valence-corrected chi connectivity index (χ4v) is 4.16. The van der Waals surface area contributed by atoms with E-state index < -0.39 is 11.6 Å². The van der Waals surface area contributed by atoms with Crippen LogP contribution in [0.2, 0.25) is 5.02 Å². The second-order valence-electron chi connectivity index (χ2n) is 8.18. The summed E-state index contributed by atoms with van der Waals surface area (Å²) < 4.78 is 33.3. The van der Waals surface area contributed by atoms with Crippen molar-refractivity contribution in [3.63, 3.8) is 0 Å². The molecule has 172 valence electrons. The van der Waals surface area contributed by atoms with Gasteiger partial charge in [0.05, 0.1) is 0 Å². The van der Waals surface area contributed by atoms with E-state index in [2.05, 4.69) is 0 Å². The van der Waals surface area contributed by atoms with Crippen LogP contribution >= 0.6 is 11.6 Å². The number of hydrogen-bond acceptors (Lipinski definition) is 3. The number of carbonyl (C=O) groups is 1. The number of hydrogen-bond donors (Lipinski definition) is 0. The van der Waals surface area contributed by atoms with Crippen molar-refractivity contribution in [1.29, 1.82) is 0 Å². The van der Waals surface area contributed by atoms with Gasteiger partial charge in [0.25, 0.3) is 5.91 Å². The van der Waals surface area contributed by atoms with Gasteiger partial charge in [0.15, 0.2) is 11.6 Å². The average molecular weight is 471 g/mol. The summed E-state index contributed by atoms with van der Waals surface area (Å²) in [5, 5.41) is 0.661. The van der Waals surface area contributed by atoms with E-state index in [1.807, 2.05) is 42.2 Å². The standard InChI is InChI=1S/C26H25ClF2N2O2/c1-18-14-22(27)8-9-24(18)33-17-19-4-2-5-20(15-19)26(32)31-12-10-30(11-13-31)16-21-6-3-7-23(28)25(21)29/h2-9,14-15H,10-13,16-17H2,1H3. The summed E-state index contributed by atoms with van der Waals surface area (Å²) in [6.45, 7) is 4.85. The van der Waals surface area contributed by atoms with Gasteiger partial charge in [0.1, 0.15) is 12.4 Å². The summed E-state index contributed by atoms with van der Waals surface area (Å²) in [6.07, 6.45) is 0. The van der Waals surface area contributed by atoms with Crippen LogP contribution in [0.4, 0.5) is 8.78 Å². The monoisotopic (exact) mass is 470 g/mol. The van der Waals surface area contributed by atoms with Crippen LogP contribution in [0.1, 0.15) is 27.0 Å². The van der Waals surface area contributed by atoms with Crippen LogP contribution in [0, 0.1) is 18.6 Å². The number of aryl methyl sites for hydroxylation is 1. The topological polar surface area (TPSA) is 32.8 Å². The first-order valence-corrected chi connectivity index (χ1v) is 11.2. The first-order valence-electron chi connectivity index (χ1n) is 10.8. The van der Waals surface area contributed by atoms with Gasteiger partial charge in [-0.1, -0.05) is 35.9 Å². The van der Waals surface area contributed by atoms with Crippen LogP contribution in [0.25, 0.3) is 0 Å². The lowest BCUT2D eigenvalue weighted by Gasteiger charge is -2.35. The maximum Gasteiger partial charge on any atom is 0.253 e. The van der Waals surface area contributed by atoms with Gasteiger partial charge in [-0.3, -0.25) is 9.69 Å². The summed E-state index contributed by atoms with van der Waals surface area (Å²) in [5.74, 6) is -0.932. The Labute approximate surface area is 197 Å². The fraction of sp³-hybridized carbons (Fsp3) is 0.269. The zero-order valence-electron chi connectivity index (χ0n) is 18.4. The van der Waals surface area contributed by atoms with E-state index in [-0.39, 0.29) is 5.91 Å². The number of ether oxygens (including phenoxy) is 1. The molecule has 33 heavy (non-hydrogen) atoms. The van der Waals surface area contributed by atoms with Crippen LogP contribution in [-0.2, 0) is 13.2 Å².